The number of urea groups is 1. The van der Waals surface area contributed by atoms with Crippen molar-refractivity contribution in [2.45, 2.75) is 32.7 Å². The van der Waals surface area contributed by atoms with Crippen LogP contribution in [0.25, 0.3) is 0 Å². The molecular weight excluding hydrogens is 364 g/mol. The van der Waals surface area contributed by atoms with E-state index in [0.717, 1.165) is 5.56 Å². The van der Waals surface area contributed by atoms with Crippen LogP contribution in [0.2, 0.25) is 0 Å². The number of carbonyl (C=O) groups excluding carboxylic acids is 2. The van der Waals surface area contributed by atoms with Gasteiger partial charge in [-0.1, -0.05) is 19.1 Å². The molecule has 0 aromatic heterocycles. The lowest BCUT2D eigenvalue weighted by Gasteiger charge is -2.34. The van der Waals surface area contributed by atoms with Gasteiger partial charge in [0, 0.05) is 26.1 Å². The second-order valence-electron chi connectivity index (χ2n) is 7.11. The highest BCUT2D eigenvalue weighted by Gasteiger charge is 2.31. The summed E-state index contributed by atoms with van der Waals surface area (Å²) in [6.45, 7) is 3.53. The standard InChI is InChI=1S/C20H28N2O6/c1-14-10-16(19(24)25)13-22(12-14)20(26)21-11-15-5-7-17(8-6-15)28-9-3-4-18(23)27-2/h5-8,14,16H,3-4,9-13H2,1-2H3,(H,21,26)(H,24,25). The van der Waals surface area contributed by atoms with Gasteiger partial charge in [-0.25, -0.2) is 4.79 Å². The van der Waals surface area contributed by atoms with Crippen molar-refractivity contribution in [3.63, 3.8) is 0 Å². The predicted octanol–water partition coefficient (Wildman–Crippen LogP) is 2.27. The average molecular weight is 392 g/mol. The second kappa shape index (κ2) is 10.5. The first kappa shape index (κ1) is 21.5. The van der Waals surface area contributed by atoms with Crippen LogP contribution in [0.1, 0.15) is 31.7 Å². The van der Waals surface area contributed by atoms with Crippen molar-refractivity contribution >= 4 is 18.0 Å². The molecule has 1 aromatic rings. The molecule has 1 aromatic carbocycles. The molecule has 154 valence electrons. The molecule has 2 unspecified atom stereocenters. The fourth-order valence-electron chi connectivity index (χ4n) is 3.20. The number of nitrogens with one attached hydrogen (secondary N) is 1. The van der Waals surface area contributed by atoms with Crippen LogP contribution in [-0.2, 0) is 20.9 Å². The average Bonchev–Trinajstić information content (AvgIpc) is 2.69. The van der Waals surface area contributed by atoms with Crippen LogP contribution < -0.4 is 10.1 Å². The maximum atomic E-state index is 12.4. The molecule has 2 N–H and O–H groups in total. The summed E-state index contributed by atoms with van der Waals surface area (Å²) >= 11 is 0. The SMILES string of the molecule is COC(=O)CCCOc1ccc(CNC(=O)N2CC(C)CC(C(=O)O)C2)cc1. The summed E-state index contributed by atoms with van der Waals surface area (Å²) in [6, 6.07) is 7.08. The van der Waals surface area contributed by atoms with Crippen LogP contribution in [0.5, 0.6) is 5.75 Å². The monoisotopic (exact) mass is 392 g/mol. The van der Waals surface area contributed by atoms with Gasteiger partial charge in [0.1, 0.15) is 5.75 Å². The third-order valence-corrected chi connectivity index (χ3v) is 4.68. The molecule has 8 heteroatoms. The molecular formula is C20H28N2O6. The number of carboxylic acid groups (broad SMARTS) is 1. The molecule has 8 nitrogen and oxygen atoms in total. The molecule has 28 heavy (non-hydrogen) atoms. The molecule has 2 atom stereocenters. The van der Waals surface area contributed by atoms with Gasteiger partial charge in [0.2, 0.25) is 0 Å². The summed E-state index contributed by atoms with van der Waals surface area (Å²) in [4.78, 5) is 36.2. The molecule has 1 aliphatic rings. The molecule has 0 saturated carbocycles. The number of nitrogens with zero attached hydrogens (tertiary/aromatic N) is 1. The normalized spacial score (nSPS) is 19.0. The van der Waals surface area contributed by atoms with E-state index in [0.29, 0.717) is 44.7 Å². The zero-order valence-electron chi connectivity index (χ0n) is 16.3. The highest BCUT2D eigenvalue weighted by Crippen LogP contribution is 2.22. The third-order valence-electron chi connectivity index (χ3n) is 4.68. The number of aliphatic carboxylic acids is 1. The number of rotatable bonds is 8. The van der Waals surface area contributed by atoms with Crippen molar-refractivity contribution < 1.29 is 29.0 Å². The Morgan fingerprint density at radius 3 is 2.57 bits per heavy atom. The minimum atomic E-state index is -0.855. The van der Waals surface area contributed by atoms with E-state index in [2.05, 4.69) is 10.1 Å². The number of carboxylic acids is 1. The summed E-state index contributed by atoms with van der Waals surface area (Å²) < 4.78 is 10.1. The van der Waals surface area contributed by atoms with E-state index >= 15 is 0 Å². The molecule has 2 amide bonds. The van der Waals surface area contributed by atoms with Gasteiger partial charge in [-0.05, 0) is 36.5 Å². The molecule has 2 rings (SSSR count). The van der Waals surface area contributed by atoms with E-state index in [9.17, 15) is 19.5 Å². The summed E-state index contributed by atoms with van der Waals surface area (Å²) in [5.41, 5.74) is 0.912. The Morgan fingerprint density at radius 2 is 1.93 bits per heavy atom. The molecule has 1 fully saturated rings. The number of hydrogen-bond donors (Lipinski definition) is 2. The number of hydrogen-bond acceptors (Lipinski definition) is 5. The van der Waals surface area contributed by atoms with Gasteiger partial charge < -0.3 is 24.8 Å². The number of ether oxygens (including phenoxy) is 2. The Bertz CT molecular complexity index is 676. The van der Waals surface area contributed by atoms with Crippen LogP contribution in [0, 0.1) is 11.8 Å². The number of likely N-dealkylation sites (tertiary alicyclic amines) is 1. The lowest BCUT2D eigenvalue weighted by Crippen LogP contribution is -2.49. The molecule has 0 radical (unpaired) electrons. The van der Waals surface area contributed by atoms with Crippen molar-refractivity contribution in [2.75, 3.05) is 26.8 Å². The van der Waals surface area contributed by atoms with Gasteiger partial charge in [-0.15, -0.1) is 0 Å². The van der Waals surface area contributed by atoms with Crippen LogP contribution in [0.4, 0.5) is 4.79 Å². The Kier molecular flexibility index (Phi) is 8.10. The van der Waals surface area contributed by atoms with E-state index in [-0.39, 0.29) is 24.5 Å². The fourth-order valence-corrected chi connectivity index (χ4v) is 3.20. The smallest absolute Gasteiger partial charge is 0.317 e. The quantitative estimate of drug-likeness (QED) is 0.519. The van der Waals surface area contributed by atoms with E-state index < -0.39 is 11.9 Å². The first-order valence-electron chi connectivity index (χ1n) is 9.43. The highest BCUT2D eigenvalue weighted by atomic mass is 16.5. The largest absolute Gasteiger partial charge is 0.494 e. The summed E-state index contributed by atoms with van der Waals surface area (Å²) in [7, 11) is 1.36. The van der Waals surface area contributed by atoms with Crippen LogP contribution in [0.3, 0.4) is 0 Å². The fraction of sp³-hybridized carbons (Fsp3) is 0.550. The summed E-state index contributed by atoms with van der Waals surface area (Å²) in [5.74, 6) is -0.769. The number of benzene rings is 1. The van der Waals surface area contributed by atoms with Crippen molar-refractivity contribution in [1.29, 1.82) is 0 Å². The van der Waals surface area contributed by atoms with E-state index in [1.165, 1.54) is 7.11 Å². The zero-order valence-corrected chi connectivity index (χ0v) is 16.3. The molecule has 0 aliphatic carbocycles. The van der Waals surface area contributed by atoms with Crippen LogP contribution >= 0.6 is 0 Å². The number of carbonyl (C=O) groups is 3. The van der Waals surface area contributed by atoms with Gasteiger partial charge in [-0.2, -0.15) is 0 Å². The topological polar surface area (TPSA) is 105 Å². The van der Waals surface area contributed by atoms with Gasteiger partial charge in [0.15, 0.2) is 0 Å². The van der Waals surface area contributed by atoms with Crippen molar-refractivity contribution in [3.8, 4) is 5.75 Å². The van der Waals surface area contributed by atoms with Gasteiger partial charge in [-0.3, -0.25) is 9.59 Å². The highest BCUT2D eigenvalue weighted by molar-refractivity contribution is 5.76. The number of piperidine rings is 1. The summed E-state index contributed by atoms with van der Waals surface area (Å²) in [6.07, 6.45) is 1.49. The predicted molar refractivity (Wildman–Crippen MR) is 102 cm³/mol. The first-order valence-corrected chi connectivity index (χ1v) is 9.43. The zero-order chi connectivity index (χ0) is 20.5. The van der Waals surface area contributed by atoms with Gasteiger partial charge >= 0.3 is 18.0 Å². The molecule has 0 spiro atoms. The maximum absolute atomic E-state index is 12.4. The van der Waals surface area contributed by atoms with Crippen LogP contribution in [-0.4, -0.2) is 54.8 Å². The third kappa shape index (κ3) is 6.75. The van der Waals surface area contributed by atoms with E-state index in [4.69, 9.17) is 4.74 Å². The van der Waals surface area contributed by atoms with Crippen molar-refractivity contribution in [3.05, 3.63) is 29.8 Å². The maximum Gasteiger partial charge on any atom is 0.317 e. The molecule has 1 saturated heterocycles. The summed E-state index contributed by atoms with van der Waals surface area (Å²) in [5, 5.41) is 12.1. The number of amides is 2. The Labute approximate surface area is 164 Å². The van der Waals surface area contributed by atoms with E-state index in [1.54, 1.807) is 4.90 Å². The van der Waals surface area contributed by atoms with Crippen molar-refractivity contribution in [1.82, 2.24) is 10.2 Å². The Hall–Kier alpha value is -2.77. The van der Waals surface area contributed by atoms with Crippen LogP contribution in [0.15, 0.2) is 24.3 Å². The molecule has 0 bridgehead atoms. The second-order valence-corrected chi connectivity index (χ2v) is 7.11. The van der Waals surface area contributed by atoms with E-state index in [1.807, 2.05) is 31.2 Å². The first-order chi connectivity index (χ1) is 13.4. The number of methoxy groups -OCH3 is 1. The van der Waals surface area contributed by atoms with Gasteiger partial charge in [0.25, 0.3) is 0 Å². The lowest BCUT2D eigenvalue weighted by atomic mass is 9.91. The lowest BCUT2D eigenvalue weighted by molar-refractivity contribution is -0.144. The minimum Gasteiger partial charge on any atom is -0.494 e. The Balaban J connectivity index is 1.75. The minimum absolute atomic E-state index is 0.163. The number of esters is 1. The molecule has 1 heterocycles. The van der Waals surface area contributed by atoms with Crippen molar-refractivity contribution in [2.24, 2.45) is 11.8 Å². The Morgan fingerprint density at radius 1 is 1.21 bits per heavy atom. The molecule has 1 aliphatic heterocycles. The van der Waals surface area contributed by atoms with Gasteiger partial charge in [0.05, 0.1) is 19.6 Å².